The van der Waals surface area contributed by atoms with Gasteiger partial charge in [-0.3, -0.25) is 19.8 Å². The fraction of sp³-hybridized carbons (Fsp3) is 0.613. The van der Waals surface area contributed by atoms with Crippen LogP contribution in [-0.2, 0) is 31.4 Å². The van der Waals surface area contributed by atoms with Crippen molar-refractivity contribution in [1.82, 2.24) is 24.1 Å². The maximum absolute atomic E-state index is 14.2. The summed E-state index contributed by atoms with van der Waals surface area (Å²) in [5, 5.41) is 2.59. The molecule has 1 aromatic carbocycles. The summed E-state index contributed by atoms with van der Waals surface area (Å²) >= 11 is 0. The molecule has 4 amide bonds. The first-order chi connectivity index (χ1) is 20.5. The smallest absolute Gasteiger partial charge is 0.327 e. The lowest BCUT2D eigenvalue weighted by atomic mass is 9.68. The highest BCUT2D eigenvalue weighted by Crippen LogP contribution is 2.67. The summed E-state index contributed by atoms with van der Waals surface area (Å²) in [4.78, 5) is 48.9. The Morgan fingerprint density at radius 3 is 2.60 bits per heavy atom. The number of piperidine rings is 1. The number of H-pyrrole nitrogens is 1. The van der Waals surface area contributed by atoms with E-state index in [9.17, 15) is 22.8 Å². The van der Waals surface area contributed by atoms with E-state index in [1.807, 2.05) is 0 Å². The van der Waals surface area contributed by atoms with Crippen LogP contribution in [0.1, 0.15) is 63.5 Å². The van der Waals surface area contributed by atoms with Crippen molar-refractivity contribution < 1.29 is 22.8 Å². The van der Waals surface area contributed by atoms with Gasteiger partial charge in [0.1, 0.15) is 13.1 Å². The zero-order valence-electron chi connectivity index (χ0n) is 24.8. The molecular formula is C31H40N6O5S. The molecule has 1 spiro atoms. The number of carbonyl (C=O) groups is 3. The highest BCUT2D eigenvalue weighted by molar-refractivity contribution is 7.89. The third-order valence-corrected chi connectivity index (χ3v) is 13.9. The first-order valence-electron chi connectivity index (χ1n) is 15.4. The number of aromatic amines is 1. The van der Waals surface area contributed by atoms with Gasteiger partial charge >= 0.3 is 6.03 Å². The molecule has 0 unspecified atom stereocenters. The van der Waals surface area contributed by atoms with Gasteiger partial charge in [0, 0.05) is 36.9 Å². The molecule has 3 aliphatic carbocycles. The van der Waals surface area contributed by atoms with E-state index in [4.69, 9.17) is 0 Å². The van der Waals surface area contributed by atoms with Crippen LogP contribution in [0.4, 0.5) is 10.7 Å². The zero-order valence-corrected chi connectivity index (χ0v) is 25.7. The number of urea groups is 1. The minimum atomic E-state index is -3.67. The molecule has 7 rings (SSSR count). The third-order valence-electron chi connectivity index (χ3n) is 11.8. The van der Waals surface area contributed by atoms with Crippen molar-refractivity contribution in [3.8, 4) is 0 Å². The molecular weight excluding hydrogens is 568 g/mol. The van der Waals surface area contributed by atoms with Gasteiger partial charge in [0.2, 0.25) is 21.9 Å². The molecule has 2 saturated heterocycles. The molecule has 43 heavy (non-hydrogen) atoms. The summed E-state index contributed by atoms with van der Waals surface area (Å²) in [6.07, 6.45) is 8.92. The number of hydrogen-bond acceptors (Lipinski definition) is 6. The summed E-state index contributed by atoms with van der Waals surface area (Å²) in [7, 11) is -3.67. The lowest BCUT2D eigenvalue weighted by molar-refractivity contribution is -0.129. The molecule has 2 bridgehead atoms. The molecule has 11 nitrogen and oxygen atoms in total. The summed E-state index contributed by atoms with van der Waals surface area (Å²) in [6, 6.07) is 7.52. The van der Waals surface area contributed by atoms with E-state index >= 15 is 0 Å². The van der Waals surface area contributed by atoms with Crippen molar-refractivity contribution in [2.75, 3.05) is 37.2 Å². The summed E-state index contributed by atoms with van der Waals surface area (Å²) in [6.45, 7) is 4.71. The number of fused-ring (bicyclic) bond motifs is 4. The Labute approximate surface area is 252 Å². The second-order valence-corrected chi connectivity index (χ2v) is 15.8. The topological polar surface area (TPSA) is 136 Å². The maximum Gasteiger partial charge on any atom is 0.327 e. The molecule has 5 aliphatic rings. The van der Waals surface area contributed by atoms with Crippen LogP contribution in [-0.4, -0.2) is 88.3 Å². The molecule has 1 aromatic heterocycles. The van der Waals surface area contributed by atoms with Crippen molar-refractivity contribution in [2.45, 2.75) is 70.3 Å². The molecule has 2 aliphatic heterocycles. The fourth-order valence-corrected chi connectivity index (χ4v) is 11.6. The number of anilines is 1. The first kappa shape index (κ1) is 28.5. The van der Waals surface area contributed by atoms with E-state index in [2.05, 4.69) is 53.4 Å². The number of nitrogens with zero attached hydrogens (tertiary/aromatic N) is 4. The van der Waals surface area contributed by atoms with Gasteiger partial charge in [0.25, 0.3) is 5.91 Å². The van der Waals surface area contributed by atoms with Crippen molar-refractivity contribution in [3.63, 3.8) is 0 Å². The van der Waals surface area contributed by atoms with E-state index in [-0.39, 0.29) is 47.4 Å². The largest absolute Gasteiger partial charge is 0.331 e. The number of hydrogen-bond donors (Lipinski definition) is 2. The monoisotopic (exact) mass is 608 g/mol. The van der Waals surface area contributed by atoms with Crippen LogP contribution < -0.4 is 5.32 Å². The lowest BCUT2D eigenvalue weighted by Crippen LogP contribution is -2.56. The van der Waals surface area contributed by atoms with Crippen LogP contribution in [0, 0.1) is 16.7 Å². The van der Waals surface area contributed by atoms with Crippen LogP contribution in [0.5, 0.6) is 0 Å². The average Bonchev–Trinajstić information content (AvgIpc) is 3.75. The highest BCUT2D eigenvalue weighted by atomic mass is 32.2. The average molecular weight is 609 g/mol. The van der Waals surface area contributed by atoms with Gasteiger partial charge in [0.05, 0.1) is 5.75 Å². The van der Waals surface area contributed by atoms with E-state index in [0.717, 1.165) is 32.1 Å². The number of aryl methyl sites for hydroxylation is 1. The van der Waals surface area contributed by atoms with Crippen molar-refractivity contribution in [3.05, 3.63) is 47.8 Å². The van der Waals surface area contributed by atoms with Gasteiger partial charge in [-0.05, 0) is 72.8 Å². The molecule has 3 atom stereocenters. The van der Waals surface area contributed by atoms with Crippen LogP contribution in [0.25, 0.3) is 0 Å². The summed E-state index contributed by atoms with van der Waals surface area (Å²) in [5.41, 5.74) is 1.71. The first-order valence-corrected chi connectivity index (χ1v) is 17.0. The number of nitrogens with one attached hydrogen (secondary N) is 2. The second kappa shape index (κ2) is 9.88. The quantitative estimate of drug-likeness (QED) is 0.464. The van der Waals surface area contributed by atoms with Gasteiger partial charge < -0.3 is 9.88 Å². The van der Waals surface area contributed by atoms with E-state index < -0.39 is 33.4 Å². The van der Waals surface area contributed by atoms with Crippen molar-refractivity contribution >= 4 is 33.8 Å². The molecule has 3 heterocycles. The predicted molar refractivity (Wildman–Crippen MR) is 159 cm³/mol. The number of benzene rings is 1. The molecule has 0 radical (unpaired) electrons. The number of carbonyl (C=O) groups excluding carboxylic acids is 3. The SMILES string of the molecule is CC1(C)[C@@H]2CC[C@@]1(CS(=O)(=O)N1CCC3(CCc4ccccc43)CC1)[C@@H](N1C(=O)CN(CC(=O)Nc3ncc[nH]3)C1=O)C2. The minimum Gasteiger partial charge on any atom is -0.331 e. The van der Waals surface area contributed by atoms with Gasteiger partial charge in [-0.1, -0.05) is 38.1 Å². The van der Waals surface area contributed by atoms with E-state index in [1.54, 1.807) is 10.5 Å². The van der Waals surface area contributed by atoms with Gasteiger partial charge in [-0.2, -0.15) is 0 Å². The summed E-state index contributed by atoms with van der Waals surface area (Å²) in [5.74, 6) is -0.436. The van der Waals surface area contributed by atoms with Crippen LogP contribution >= 0.6 is 0 Å². The van der Waals surface area contributed by atoms with Crippen LogP contribution in [0.3, 0.4) is 0 Å². The normalized spacial score (nSPS) is 29.5. The van der Waals surface area contributed by atoms with Crippen molar-refractivity contribution in [1.29, 1.82) is 0 Å². The van der Waals surface area contributed by atoms with Gasteiger partial charge in [-0.15, -0.1) is 0 Å². The number of imide groups is 1. The standard InChI is InChI=1S/C31H40N6O5S/c1-29(2)22-8-10-31(29,20-43(41,42)36-15-11-30(12-16-36)9-7-21-5-3-4-6-23(21)30)24(17-22)37-26(39)19-35(28(37)40)18-25(38)34-27-32-13-14-33-27/h3-6,13-14,22,24H,7-12,15-20H2,1-2H3,(H2,32,33,34,38)/t22-,24+,31-/m1/s1. The summed E-state index contributed by atoms with van der Waals surface area (Å²) < 4.78 is 30.1. The number of sulfonamides is 1. The third kappa shape index (κ3) is 4.34. The van der Waals surface area contributed by atoms with Gasteiger partial charge in [-0.25, -0.2) is 22.5 Å². The maximum atomic E-state index is 14.2. The molecule has 12 heteroatoms. The Hall–Kier alpha value is -3.25. The molecule has 2 aromatic rings. The van der Waals surface area contributed by atoms with E-state index in [1.165, 1.54) is 27.1 Å². The highest BCUT2D eigenvalue weighted by Gasteiger charge is 2.68. The Morgan fingerprint density at radius 1 is 1.12 bits per heavy atom. The predicted octanol–water partition coefficient (Wildman–Crippen LogP) is 3.12. The molecule has 230 valence electrons. The second-order valence-electron chi connectivity index (χ2n) is 13.8. The fourth-order valence-electron chi connectivity index (χ4n) is 9.30. The number of amides is 4. The molecule has 2 saturated carbocycles. The Kier molecular flexibility index (Phi) is 6.55. The Bertz CT molecular complexity index is 1560. The van der Waals surface area contributed by atoms with Crippen LogP contribution in [0.2, 0.25) is 0 Å². The minimum absolute atomic E-state index is 0.0512. The van der Waals surface area contributed by atoms with Gasteiger partial charge in [0.15, 0.2) is 0 Å². The van der Waals surface area contributed by atoms with Crippen LogP contribution in [0.15, 0.2) is 36.7 Å². The molecule has 2 N–H and O–H groups in total. The van der Waals surface area contributed by atoms with Crippen molar-refractivity contribution in [2.24, 2.45) is 16.7 Å². The Morgan fingerprint density at radius 2 is 1.88 bits per heavy atom. The molecule has 4 fully saturated rings. The zero-order chi connectivity index (χ0) is 30.2. The Balaban J connectivity index is 1.09. The number of imidazole rings is 1. The number of rotatable bonds is 7. The lowest BCUT2D eigenvalue weighted by Gasteiger charge is -2.46. The van der Waals surface area contributed by atoms with E-state index in [0.29, 0.717) is 25.9 Å². The number of aromatic nitrogens is 2.